The number of furan rings is 1. The summed E-state index contributed by atoms with van der Waals surface area (Å²) in [4.78, 5) is 11.8. The highest BCUT2D eigenvalue weighted by Crippen LogP contribution is 2.31. The molecule has 1 aromatic heterocycles. The quantitative estimate of drug-likeness (QED) is 0.832. The molecule has 3 rings (SSSR count). The van der Waals surface area contributed by atoms with Crippen molar-refractivity contribution in [3.05, 3.63) is 46.8 Å². The summed E-state index contributed by atoms with van der Waals surface area (Å²) < 4.78 is 6.26. The fraction of sp³-hybridized carbons (Fsp3) is 0.312. The van der Waals surface area contributed by atoms with Crippen molar-refractivity contribution in [1.82, 2.24) is 0 Å². The van der Waals surface area contributed by atoms with Crippen LogP contribution in [-0.4, -0.2) is 5.91 Å². The molecule has 1 atom stereocenters. The van der Waals surface area contributed by atoms with Crippen LogP contribution in [0.15, 0.2) is 45.5 Å². The molecule has 1 heterocycles. The molecule has 1 fully saturated rings. The van der Waals surface area contributed by atoms with E-state index in [9.17, 15) is 4.79 Å². The molecule has 0 aliphatic heterocycles. The van der Waals surface area contributed by atoms with Crippen LogP contribution >= 0.6 is 15.9 Å². The van der Waals surface area contributed by atoms with Crippen molar-refractivity contribution in [2.75, 3.05) is 10.6 Å². The number of benzene rings is 1. The van der Waals surface area contributed by atoms with E-state index in [0.29, 0.717) is 0 Å². The first-order chi connectivity index (χ1) is 10.1. The smallest absolute Gasteiger partial charge is 0.227 e. The molecule has 1 aliphatic rings. The van der Waals surface area contributed by atoms with Crippen LogP contribution in [-0.2, 0) is 4.79 Å². The van der Waals surface area contributed by atoms with Crippen molar-refractivity contribution in [1.29, 1.82) is 0 Å². The Morgan fingerprint density at radius 2 is 2.05 bits per heavy atom. The second-order valence-electron chi connectivity index (χ2n) is 5.35. The summed E-state index contributed by atoms with van der Waals surface area (Å²) in [6, 6.07) is 11.6. The lowest BCUT2D eigenvalue weighted by molar-refractivity contribution is -0.117. The van der Waals surface area contributed by atoms with Gasteiger partial charge in [0.25, 0.3) is 0 Å². The van der Waals surface area contributed by atoms with Crippen molar-refractivity contribution in [3.63, 3.8) is 0 Å². The van der Waals surface area contributed by atoms with Crippen LogP contribution < -0.4 is 10.6 Å². The molecular formula is C16H17BrN2O2. The summed E-state index contributed by atoms with van der Waals surface area (Å²) in [6.45, 7) is 2.03. The summed E-state index contributed by atoms with van der Waals surface area (Å²) in [5.74, 6) is 1.19. The van der Waals surface area contributed by atoms with E-state index in [0.717, 1.165) is 34.6 Å². The normalized spacial score (nSPS) is 15.5. The van der Waals surface area contributed by atoms with E-state index >= 15 is 0 Å². The zero-order valence-electron chi connectivity index (χ0n) is 11.7. The molecule has 110 valence electrons. The molecule has 1 aliphatic carbocycles. The van der Waals surface area contributed by atoms with E-state index in [4.69, 9.17) is 4.42 Å². The van der Waals surface area contributed by atoms with Gasteiger partial charge in [-0.05, 0) is 66.0 Å². The third-order valence-electron chi connectivity index (χ3n) is 3.48. The molecular weight excluding hydrogens is 332 g/mol. The Balaban J connectivity index is 1.66. The number of halogens is 1. The number of hydrogen-bond acceptors (Lipinski definition) is 3. The van der Waals surface area contributed by atoms with Crippen LogP contribution in [0.25, 0.3) is 0 Å². The van der Waals surface area contributed by atoms with Crippen LogP contribution in [0.3, 0.4) is 0 Å². The monoisotopic (exact) mass is 348 g/mol. The number of anilines is 2. The first kappa shape index (κ1) is 14.2. The maximum absolute atomic E-state index is 11.8. The standard InChI is InChI=1S/C16H17BrN2O2/c1-10(14-7-8-15(17)21-14)18-12-3-2-4-13(9-12)19-16(20)11-5-6-11/h2-4,7-11,18H,5-6H2,1H3,(H,19,20). The SMILES string of the molecule is CC(Nc1cccc(NC(=O)C2CC2)c1)c1ccc(Br)o1. The lowest BCUT2D eigenvalue weighted by Crippen LogP contribution is -2.13. The Hall–Kier alpha value is -1.75. The van der Waals surface area contributed by atoms with Crippen LogP contribution in [0.5, 0.6) is 0 Å². The molecule has 1 saturated carbocycles. The molecule has 4 nitrogen and oxygen atoms in total. The van der Waals surface area contributed by atoms with Gasteiger partial charge in [0, 0.05) is 17.3 Å². The molecule has 0 saturated heterocycles. The summed E-state index contributed by atoms with van der Waals surface area (Å²) in [7, 11) is 0. The topological polar surface area (TPSA) is 54.3 Å². The highest BCUT2D eigenvalue weighted by Gasteiger charge is 2.29. The van der Waals surface area contributed by atoms with Gasteiger partial charge in [0.2, 0.25) is 5.91 Å². The molecule has 1 aromatic carbocycles. The van der Waals surface area contributed by atoms with E-state index in [2.05, 4.69) is 26.6 Å². The van der Waals surface area contributed by atoms with E-state index < -0.39 is 0 Å². The minimum atomic E-state index is 0.0469. The Labute approximate surface area is 132 Å². The van der Waals surface area contributed by atoms with Crippen molar-refractivity contribution >= 4 is 33.2 Å². The van der Waals surface area contributed by atoms with Crippen LogP contribution in [0.4, 0.5) is 11.4 Å². The predicted molar refractivity (Wildman–Crippen MR) is 86.2 cm³/mol. The number of carbonyl (C=O) groups excluding carboxylic acids is 1. The van der Waals surface area contributed by atoms with Gasteiger partial charge < -0.3 is 15.1 Å². The molecule has 0 radical (unpaired) electrons. The van der Waals surface area contributed by atoms with Crippen molar-refractivity contribution in [3.8, 4) is 0 Å². The van der Waals surface area contributed by atoms with E-state index in [-0.39, 0.29) is 17.9 Å². The van der Waals surface area contributed by atoms with Crippen LogP contribution in [0, 0.1) is 5.92 Å². The van der Waals surface area contributed by atoms with Gasteiger partial charge in [-0.15, -0.1) is 0 Å². The van der Waals surface area contributed by atoms with Gasteiger partial charge in [-0.3, -0.25) is 4.79 Å². The summed E-state index contributed by atoms with van der Waals surface area (Å²) >= 11 is 3.30. The number of rotatable bonds is 5. The van der Waals surface area contributed by atoms with Crippen LogP contribution in [0.1, 0.15) is 31.6 Å². The second-order valence-corrected chi connectivity index (χ2v) is 6.13. The Morgan fingerprint density at radius 1 is 1.29 bits per heavy atom. The van der Waals surface area contributed by atoms with Gasteiger partial charge in [-0.25, -0.2) is 0 Å². The Bertz CT molecular complexity index is 649. The van der Waals surface area contributed by atoms with Gasteiger partial charge >= 0.3 is 0 Å². The third kappa shape index (κ3) is 3.67. The molecule has 2 aromatic rings. The number of nitrogens with one attached hydrogen (secondary N) is 2. The zero-order chi connectivity index (χ0) is 14.8. The number of carbonyl (C=O) groups is 1. The van der Waals surface area contributed by atoms with Crippen molar-refractivity contribution < 1.29 is 9.21 Å². The molecule has 21 heavy (non-hydrogen) atoms. The summed E-state index contributed by atoms with van der Waals surface area (Å²) in [6.07, 6.45) is 2.02. The van der Waals surface area contributed by atoms with Gasteiger partial charge in [-0.2, -0.15) is 0 Å². The maximum Gasteiger partial charge on any atom is 0.227 e. The van der Waals surface area contributed by atoms with Crippen molar-refractivity contribution in [2.24, 2.45) is 5.92 Å². The lowest BCUT2D eigenvalue weighted by Gasteiger charge is -2.14. The minimum Gasteiger partial charge on any atom is -0.452 e. The molecule has 1 amide bonds. The summed E-state index contributed by atoms with van der Waals surface area (Å²) in [5.41, 5.74) is 1.77. The third-order valence-corrected chi connectivity index (χ3v) is 3.91. The molecule has 5 heteroatoms. The largest absolute Gasteiger partial charge is 0.452 e. The lowest BCUT2D eigenvalue weighted by atomic mass is 10.2. The van der Waals surface area contributed by atoms with Gasteiger partial charge in [0.1, 0.15) is 5.76 Å². The molecule has 2 N–H and O–H groups in total. The highest BCUT2D eigenvalue weighted by atomic mass is 79.9. The van der Waals surface area contributed by atoms with E-state index in [1.54, 1.807) is 0 Å². The maximum atomic E-state index is 11.8. The number of hydrogen-bond donors (Lipinski definition) is 2. The van der Waals surface area contributed by atoms with E-state index in [1.807, 2.05) is 43.3 Å². The number of amides is 1. The molecule has 1 unspecified atom stereocenters. The van der Waals surface area contributed by atoms with E-state index in [1.165, 1.54) is 0 Å². The second kappa shape index (κ2) is 5.93. The average molecular weight is 349 g/mol. The fourth-order valence-corrected chi connectivity index (χ4v) is 2.48. The minimum absolute atomic E-state index is 0.0469. The average Bonchev–Trinajstić information content (AvgIpc) is 3.21. The van der Waals surface area contributed by atoms with Gasteiger partial charge in [0.05, 0.1) is 6.04 Å². The Morgan fingerprint density at radius 3 is 2.71 bits per heavy atom. The Kier molecular flexibility index (Phi) is 4.01. The first-order valence-corrected chi connectivity index (χ1v) is 7.84. The molecule has 0 spiro atoms. The predicted octanol–water partition coefficient (Wildman–Crippen LogP) is 4.56. The van der Waals surface area contributed by atoms with Gasteiger partial charge in [0.15, 0.2) is 4.67 Å². The molecule has 0 bridgehead atoms. The van der Waals surface area contributed by atoms with Gasteiger partial charge in [-0.1, -0.05) is 6.07 Å². The zero-order valence-corrected chi connectivity index (χ0v) is 13.3. The van der Waals surface area contributed by atoms with Crippen LogP contribution in [0.2, 0.25) is 0 Å². The highest BCUT2D eigenvalue weighted by molar-refractivity contribution is 9.10. The van der Waals surface area contributed by atoms with Crippen molar-refractivity contribution in [2.45, 2.75) is 25.8 Å². The fourth-order valence-electron chi connectivity index (χ4n) is 2.16. The first-order valence-electron chi connectivity index (χ1n) is 7.04. The summed E-state index contributed by atoms with van der Waals surface area (Å²) in [5, 5.41) is 6.32.